The molecule has 0 aromatic rings. The Balaban J connectivity index is 3.84. The molecule has 0 saturated heterocycles. The van der Waals surface area contributed by atoms with Crippen LogP contribution in [0.25, 0.3) is 0 Å². The maximum Gasteiger partial charge on any atom is 0.412 e. The number of hydrogen-bond acceptors (Lipinski definition) is 0. The van der Waals surface area contributed by atoms with Crippen LogP contribution in [-0.4, -0.2) is 24.7 Å². The second-order valence-electron chi connectivity index (χ2n) is 5.48. The summed E-state index contributed by atoms with van der Waals surface area (Å²) in [7, 11) is 0. The van der Waals surface area contributed by atoms with Gasteiger partial charge in [-0.05, 0) is 25.8 Å². The summed E-state index contributed by atoms with van der Waals surface area (Å²) in [5, 5.41) is 0. The fraction of sp³-hybridized carbons (Fsp3) is 0.818. The smallest absolute Gasteiger partial charge is 0.170 e. The lowest BCUT2D eigenvalue weighted by atomic mass is 9.54. The van der Waals surface area contributed by atoms with Crippen molar-refractivity contribution in [3.63, 3.8) is 0 Å². The molecule has 0 aromatic heterocycles. The van der Waals surface area contributed by atoms with E-state index in [9.17, 15) is 52.7 Å². The van der Waals surface area contributed by atoms with Gasteiger partial charge < -0.3 is 0 Å². The van der Waals surface area contributed by atoms with E-state index in [1.165, 1.54) is 0 Å². The van der Waals surface area contributed by atoms with Crippen molar-refractivity contribution in [3.8, 4) is 0 Å². The molecule has 1 unspecified atom stereocenters. The predicted octanol–water partition coefficient (Wildman–Crippen LogP) is 5.95. The molecule has 0 aromatic carbocycles. The molecule has 0 spiro atoms. The Morgan fingerprint density at radius 1 is 0.739 bits per heavy atom. The van der Waals surface area contributed by atoms with Crippen LogP contribution in [0.3, 0.4) is 0 Å². The molecule has 12 heteroatoms. The molecule has 0 heterocycles. The minimum absolute atomic E-state index is 0.104. The zero-order valence-electron chi connectivity index (χ0n) is 11.2. The fourth-order valence-corrected chi connectivity index (χ4v) is 2.54. The molecule has 0 aliphatic heterocycles. The van der Waals surface area contributed by atoms with Crippen LogP contribution >= 0.6 is 0 Å². The van der Waals surface area contributed by atoms with E-state index in [4.69, 9.17) is 0 Å². The van der Waals surface area contributed by atoms with E-state index >= 15 is 0 Å². The topological polar surface area (TPSA) is 0 Å². The van der Waals surface area contributed by atoms with Crippen LogP contribution < -0.4 is 0 Å². The molecule has 1 rings (SSSR count). The van der Waals surface area contributed by atoms with Crippen LogP contribution in [0.4, 0.5) is 52.7 Å². The van der Waals surface area contributed by atoms with Crippen molar-refractivity contribution in [3.05, 3.63) is 11.1 Å². The molecule has 1 aliphatic rings. The number of allylic oxidation sites excluding steroid dienone is 2. The third-order valence-corrected chi connectivity index (χ3v) is 3.99. The normalized spacial score (nSPS) is 24.8. The van der Waals surface area contributed by atoms with E-state index in [-0.39, 0.29) is 6.92 Å². The minimum Gasteiger partial charge on any atom is -0.170 e. The van der Waals surface area contributed by atoms with Crippen LogP contribution in [0.1, 0.15) is 20.3 Å². The number of rotatable bonds is 1. The van der Waals surface area contributed by atoms with Gasteiger partial charge in [0.05, 0.1) is 5.41 Å². The lowest BCUT2D eigenvalue weighted by Gasteiger charge is -2.52. The van der Waals surface area contributed by atoms with E-state index in [0.717, 1.165) is 0 Å². The standard InChI is InChI=1S/C11H8F12/c1-6(9(15,16)17)3-4(8(12,13)14)5(6)7(2,10(18,19)20)11(21,22)23/h3H2,1-2H3. The zero-order valence-corrected chi connectivity index (χ0v) is 11.2. The van der Waals surface area contributed by atoms with Crippen molar-refractivity contribution >= 4 is 0 Å². The highest BCUT2D eigenvalue weighted by Crippen LogP contribution is 2.70. The predicted molar refractivity (Wildman–Crippen MR) is 52.1 cm³/mol. The van der Waals surface area contributed by atoms with Crippen molar-refractivity contribution in [2.45, 2.75) is 45.0 Å². The first-order chi connectivity index (χ1) is 9.71. The highest BCUT2D eigenvalue weighted by atomic mass is 19.4. The average Bonchev–Trinajstić information content (AvgIpc) is 2.18. The van der Waals surface area contributed by atoms with E-state index in [1.807, 2.05) is 0 Å². The molecule has 0 amide bonds. The monoisotopic (exact) mass is 368 g/mol. The molecule has 0 nitrogen and oxygen atoms in total. The molecule has 0 N–H and O–H groups in total. The van der Waals surface area contributed by atoms with Crippen molar-refractivity contribution < 1.29 is 52.7 Å². The molecule has 0 fully saturated rings. The Kier molecular flexibility index (Phi) is 4.09. The van der Waals surface area contributed by atoms with Crippen molar-refractivity contribution in [2.24, 2.45) is 10.8 Å². The molecule has 136 valence electrons. The Bertz CT molecular complexity index is 497. The van der Waals surface area contributed by atoms with E-state index in [2.05, 4.69) is 0 Å². The summed E-state index contributed by atoms with van der Waals surface area (Å²) in [6, 6.07) is 0. The van der Waals surface area contributed by atoms with Gasteiger partial charge in [-0.1, -0.05) is 0 Å². The molecule has 0 radical (unpaired) electrons. The first-order valence-corrected chi connectivity index (χ1v) is 5.72. The second-order valence-corrected chi connectivity index (χ2v) is 5.48. The maximum atomic E-state index is 12.9. The largest absolute Gasteiger partial charge is 0.412 e. The van der Waals surface area contributed by atoms with Crippen LogP contribution in [-0.2, 0) is 0 Å². The third-order valence-electron chi connectivity index (χ3n) is 3.99. The fourth-order valence-electron chi connectivity index (χ4n) is 2.54. The second kappa shape index (κ2) is 4.71. The zero-order chi connectivity index (χ0) is 18.9. The maximum absolute atomic E-state index is 12.9. The SMILES string of the molecule is CC1(C(F)(F)F)CC(C(F)(F)F)=C1C(C)(C(F)(F)F)C(F)(F)F. The van der Waals surface area contributed by atoms with Crippen LogP contribution in [0.15, 0.2) is 11.1 Å². The highest BCUT2D eigenvalue weighted by molar-refractivity contribution is 5.45. The quantitative estimate of drug-likeness (QED) is 0.396. The molecule has 1 aliphatic carbocycles. The van der Waals surface area contributed by atoms with Gasteiger partial charge in [0.15, 0.2) is 5.41 Å². The number of alkyl halides is 12. The Morgan fingerprint density at radius 2 is 1.09 bits per heavy atom. The van der Waals surface area contributed by atoms with Gasteiger partial charge in [0, 0.05) is 5.57 Å². The molecular weight excluding hydrogens is 360 g/mol. The first kappa shape index (κ1) is 19.9. The lowest BCUT2D eigenvalue weighted by molar-refractivity contribution is -0.335. The van der Waals surface area contributed by atoms with Gasteiger partial charge in [0.2, 0.25) is 0 Å². The van der Waals surface area contributed by atoms with E-state index in [1.54, 1.807) is 0 Å². The summed E-state index contributed by atoms with van der Waals surface area (Å²) in [4.78, 5) is 0. The van der Waals surface area contributed by atoms with Gasteiger partial charge in [0.25, 0.3) is 0 Å². The first-order valence-electron chi connectivity index (χ1n) is 5.72. The lowest BCUT2D eigenvalue weighted by Crippen LogP contribution is -2.60. The summed E-state index contributed by atoms with van der Waals surface area (Å²) in [6.07, 6.45) is -26.3. The van der Waals surface area contributed by atoms with Gasteiger partial charge in [-0.25, -0.2) is 0 Å². The average molecular weight is 368 g/mol. The van der Waals surface area contributed by atoms with Gasteiger partial charge in [-0.3, -0.25) is 0 Å². The number of hydrogen-bond donors (Lipinski definition) is 0. The Hall–Kier alpha value is -1.10. The summed E-state index contributed by atoms with van der Waals surface area (Å²) in [5.41, 5.74) is -14.3. The van der Waals surface area contributed by atoms with Crippen molar-refractivity contribution in [1.29, 1.82) is 0 Å². The molecule has 0 bridgehead atoms. The molecular formula is C11H8F12. The highest BCUT2D eigenvalue weighted by Gasteiger charge is 2.79. The van der Waals surface area contributed by atoms with E-state index < -0.39 is 60.0 Å². The third kappa shape index (κ3) is 2.67. The number of halogens is 12. The Morgan fingerprint density at radius 3 is 1.30 bits per heavy atom. The summed E-state index contributed by atoms with van der Waals surface area (Å²) in [6.45, 7) is -0.815. The molecule has 23 heavy (non-hydrogen) atoms. The summed E-state index contributed by atoms with van der Waals surface area (Å²) < 4.78 is 154. The molecule has 0 saturated carbocycles. The van der Waals surface area contributed by atoms with Gasteiger partial charge in [-0.15, -0.1) is 0 Å². The van der Waals surface area contributed by atoms with Crippen molar-refractivity contribution in [1.82, 2.24) is 0 Å². The summed E-state index contributed by atoms with van der Waals surface area (Å²) in [5.74, 6) is 0. The Labute approximate surface area is 121 Å². The van der Waals surface area contributed by atoms with Crippen LogP contribution in [0.5, 0.6) is 0 Å². The van der Waals surface area contributed by atoms with Gasteiger partial charge in [0.1, 0.15) is 0 Å². The van der Waals surface area contributed by atoms with Crippen LogP contribution in [0.2, 0.25) is 0 Å². The van der Waals surface area contributed by atoms with Crippen molar-refractivity contribution in [2.75, 3.05) is 0 Å². The van der Waals surface area contributed by atoms with Crippen LogP contribution in [0, 0.1) is 10.8 Å². The molecule has 1 atom stereocenters. The van der Waals surface area contributed by atoms with E-state index in [0.29, 0.717) is 0 Å². The van der Waals surface area contributed by atoms with Gasteiger partial charge in [-0.2, -0.15) is 52.7 Å². The minimum atomic E-state index is -6.40. The summed E-state index contributed by atoms with van der Waals surface area (Å²) >= 11 is 0. The van der Waals surface area contributed by atoms with Gasteiger partial charge >= 0.3 is 24.7 Å².